The summed E-state index contributed by atoms with van der Waals surface area (Å²) in [5.74, 6) is -1.30. The number of nitrogens with zero attached hydrogens (tertiary/aromatic N) is 3. The number of aromatic nitrogens is 1. The summed E-state index contributed by atoms with van der Waals surface area (Å²) in [5, 5.41) is 29.6. The zero-order valence-corrected chi connectivity index (χ0v) is 20.1. The number of benzene rings is 2. The molecule has 2 aromatic carbocycles. The predicted octanol–water partition coefficient (Wildman–Crippen LogP) is 5.19. The van der Waals surface area contributed by atoms with Crippen LogP contribution in [0.4, 0.5) is 24.5 Å². The molecule has 0 saturated heterocycles. The van der Waals surface area contributed by atoms with Gasteiger partial charge in [0.1, 0.15) is 5.69 Å². The Morgan fingerprint density at radius 3 is 2.59 bits per heavy atom. The normalized spacial score (nSPS) is 20.3. The molecule has 1 amide bonds. The highest BCUT2D eigenvalue weighted by atomic mass is 19.4. The molecule has 5 rings (SSSR count). The minimum atomic E-state index is -4.60. The minimum absolute atomic E-state index is 0.186. The summed E-state index contributed by atoms with van der Waals surface area (Å²) in [6.45, 7) is 1.76. The summed E-state index contributed by atoms with van der Waals surface area (Å²) in [4.78, 5) is 16.2. The van der Waals surface area contributed by atoms with Gasteiger partial charge in [-0.2, -0.15) is 18.3 Å². The molecule has 7 nitrogen and oxygen atoms in total. The Labute approximate surface area is 211 Å². The average Bonchev–Trinajstić information content (AvgIpc) is 3.21. The van der Waals surface area contributed by atoms with E-state index in [2.05, 4.69) is 15.4 Å². The first-order chi connectivity index (χ1) is 17.6. The number of nitrogens with one attached hydrogen (secondary N) is 2. The summed E-state index contributed by atoms with van der Waals surface area (Å²) in [6.07, 6.45) is -1.33. The maximum absolute atomic E-state index is 13.6. The fourth-order valence-electron chi connectivity index (χ4n) is 5.27. The molecule has 37 heavy (non-hydrogen) atoms. The molecule has 2 atom stereocenters. The lowest BCUT2D eigenvalue weighted by Crippen LogP contribution is -2.33. The lowest BCUT2D eigenvalue weighted by molar-refractivity contribution is -0.214. The van der Waals surface area contributed by atoms with Crippen LogP contribution in [-0.4, -0.2) is 28.5 Å². The molecular formula is C27H25F3N5O2-. The van der Waals surface area contributed by atoms with Crippen LogP contribution in [0.5, 0.6) is 0 Å². The van der Waals surface area contributed by atoms with Crippen molar-refractivity contribution in [1.82, 2.24) is 4.98 Å². The summed E-state index contributed by atoms with van der Waals surface area (Å²) in [6, 6.07) is 12.2. The van der Waals surface area contributed by atoms with E-state index in [0.717, 1.165) is 18.9 Å². The third kappa shape index (κ3) is 4.87. The van der Waals surface area contributed by atoms with E-state index in [1.807, 2.05) is 0 Å². The van der Waals surface area contributed by atoms with Crippen molar-refractivity contribution >= 4 is 39.8 Å². The first kappa shape index (κ1) is 24.7. The van der Waals surface area contributed by atoms with Gasteiger partial charge < -0.3 is 15.8 Å². The van der Waals surface area contributed by atoms with E-state index >= 15 is 0 Å². The highest BCUT2D eigenvalue weighted by molar-refractivity contribution is 6.12. The van der Waals surface area contributed by atoms with Crippen molar-refractivity contribution in [3.63, 3.8) is 0 Å². The first-order valence-corrected chi connectivity index (χ1v) is 12.1. The number of hydrazone groups is 1. The van der Waals surface area contributed by atoms with Crippen molar-refractivity contribution < 1.29 is 23.1 Å². The van der Waals surface area contributed by atoms with Crippen LogP contribution in [0, 0.1) is 5.41 Å². The standard InChI is InChI=1S/C27H26F3N5O2/c1-15-12-25(36)35(34-15)16-10-11-18(26(31)37)20(13-16)17-6-2-4-8-21(17)32-23-14-24(27(28,29)30)33-22-9-5-3-7-19(22)23/h3,5,7,9-11,13-14,17,21H,2,4,6,8,12H2,1H3,(H2,31,37)(H,32,33)/p-1/t17?,21-/m0/s1. The van der Waals surface area contributed by atoms with Gasteiger partial charge in [-0.25, -0.2) is 9.99 Å². The molecule has 0 bridgehead atoms. The van der Waals surface area contributed by atoms with E-state index in [9.17, 15) is 23.1 Å². The van der Waals surface area contributed by atoms with E-state index in [1.165, 1.54) is 11.1 Å². The number of para-hydroxylation sites is 1. The van der Waals surface area contributed by atoms with Gasteiger partial charge in [-0.1, -0.05) is 37.1 Å². The van der Waals surface area contributed by atoms with Gasteiger partial charge in [0.05, 0.1) is 17.6 Å². The zero-order valence-electron chi connectivity index (χ0n) is 20.1. The van der Waals surface area contributed by atoms with Crippen LogP contribution < -0.4 is 15.4 Å². The van der Waals surface area contributed by atoms with Crippen molar-refractivity contribution in [2.45, 2.75) is 57.2 Å². The number of amides is 1. The molecule has 3 aromatic rings. The number of rotatable bonds is 5. The van der Waals surface area contributed by atoms with Gasteiger partial charge in [-0.15, -0.1) is 0 Å². The number of carbonyl (C=O) groups excluding carboxylic acids is 1. The van der Waals surface area contributed by atoms with Gasteiger partial charge in [0.25, 0.3) is 5.91 Å². The summed E-state index contributed by atoms with van der Waals surface area (Å²) in [5.41, 5.74) is 1.55. The second-order valence-corrected chi connectivity index (χ2v) is 9.53. The van der Waals surface area contributed by atoms with E-state index < -0.39 is 17.8 Å². The van der Waals surface area contributed by atoms with E-state index in [0.29, 0.717) is 40.9 Å². The molecule has 0 spiro atoms. The molecule has 2 heterocycles. The number of halogens is 3. The van der Waals surface area contributed by atoms with Crippen molar-refractivity contribution in [2.24, 2.45) is 5.10 Å². The van der Waals surface area contributed by atoms with Crippen LogP contribution in [0.3, 0.4) is 0 Å². The Bertz CT molecular complexity index is 1420. The Balaban J connectivity index is 1.57. The van der Waals surface area contributed by atoms with E-state index in [-0.39, 0.29) is 35.4 Å². The third-order valence-electron chi connectivity index (χ3n) is 6.95. The Kier molecular flexibility index (Phi) is 6.35. The molecule has 2 aliphatic rings. The highest BCUT2D eigenvalue weighted by Crippen LogP contribution is 2.40. The van der Waals surface area contributed by atoms with Gasteiger partial charge in [-0.05, 0) is 61.1 Å². The summed E-state index contributed by atoms with van der Waals surface area (Å²) >= 11 is 0. The number of hydrogen-bond acceptors (Lipinski definition) is 6. The van der Waals surface area contributed by atoms with Crippen molar-refractivity contribution in [1.29, 1.82) is 5.41 Å². The van der Waals surface area contributed by atoms with Crippen LogP contribution in [-0.2, 0) is 11.0 Å². The number of hydrogen-bond donors (Lipinski definition) is 2. The SMILES string of the molecule is CC1=NN(c2ccc(C(=N)[O-])c(C3CCCC[C@@H]3Nc3cc(C(F)(F)F)nc4ccccc34)c2)C(=O)C1. The number of fused-ring (bicyclic) bond motifs is 1. The maximum Gasteiger partial charge on any atom is 0.433 e. The van der Waals surface area contributed by atoms with E-state index in [1.54, 1.807) is 43.3 Å². The Morgan fingerprint density at radius 1 is 1.14 bits per heavy atom. The second kappa shape index (κ2) is 9.49. The van der Waals surface area contributed by atoms with Crippen molar-refractivity contribution in [2.75, 3.05) is 10.3 Å². The topological polar surface area (TPSA) is 104 Å². The summed E-state index contributed by atoms with van der Waals surface area (Å²) < 4.78 is 40.9. The molecule has 1 unspecified atom stereocenters. The van der Waals surface area contributed by atoms with Crippen molar-refractivity contribution in [3.8, 4) is 0 Å². The Hall–Kier alpha value is -3.95. The molecule has 1 aliphatic carbocycles. The number of carbonyl (C=O) groups is 1. The molecular weight excluding hydrogens is 483 g/mol. The number of alkyl halides is 3. The quantitative estimate of drug-likeness (QED) is 0.366. The first-order valence-electron chi connectivity index (χ1n) is 12.1. The molecule has 1 saturated carbocycles. The van der Waals surface area contributed by atoms with Crippen molar-refractivity contribution in [3.05, 3.63) is 65.4 Å². The van der Waals surface area contributed by atoms with Crippen LogP contribution >= 0.6 is 0 Å². The van der Waals surface area contributed by atoms with Crippen LogP contribution in [0.15, 0.2) is 53.6 Å². The molecule has 10 heteroatoms. The molecule has 2 N–H and O–H groups in total. The van der Waals surface area contributed by atoms with E-state index in [4.69, 9.17) is 5.41 Å². The van der Waals surface area contributed by atoms with Gasteiger partial charge in [0, 0.05) is 28.7 Å². The zero-order chi connectivity index (χ0) is 26.3. The van der Waals surface area contributed by atoms with Gasteiger partial charge >= 0.3 is 6.18 Å². The maximum atomic E-state index is 13.6. The lowest BCUT2D eigenvalue weighted by atomic mass is 9.78. The van der Waals surface area contributed by atoms with Gasteiger partial charge in [-0.3, -0.25) is 4.79 Å². The molecule has 192 valence electrons. The van der Waals surface area contributed by atoms with Crippen LogP contribution in [0.2, 0.25) is 0 Å². The van der Waals surface area contributed by atoms with Crippen LogP contribution in [0.1, 0.15) is 61.8 Å². The summed E-state index contributed by atoms with van der Waals surface area (Å²) in [7, 11) is 0. The highest BCUT2D eigenvalue weighted by Gasteiger charge is 2.35. The van der Waals surface area contributed by atoms with Gasteiger partial charge in [0.15, 0.2) is 0 Å². The number of pyridine rings is 1. The second-order valence-electron chi connectivity index (χ2n) is 9.53. The molecule has 1 aliphatic heterocycles. The fraction of sp³-hybridized carbons (Fsp3) is 0.333. The monoisotopic (exact) mass is 508 g/mol. The smallest absolute Gasteiger partial charge is 0.433 e. The average molecular weight is 509 g/mol. The minimum Gasteiger partial charge on any atom is -0.859 e. The lowest BCUT2D eigenvalue weighted by Gasteiger charge is -2.35. The predicted molar refractivity (Wildman–Crippen MR) is 134 cm³/mol. The largest absolute Gasteiger partial charge is 0.859 e. The van der Waals surface area contributed by atoms with Crippen LogP contribution in [0.25, 0.3) is 10.9 Å². The third-order valence-corrected chi connectivity index (χ3v) is 6.95. The fourth-order valence-corrected chi connectivity index (χ4v) is 5.27. The molecule has 0 radical (unpaired) electrons. The van der Waals surface area contributed by atoms with Gasteiger partial charge in [0.2, 0.25) is 0 Å². The Morgan fingerprint density at radius 2 is 1.89 bits per heavy atom. The molecule has 1 aromatic heterocycles. The number of anilines is 2. The molecule has 1 fully saturated rings.